The summed E-state index contributed by atoms with van der Waals surface area (Å²) in [5.74, 6) is 1.63. The second-order valence-corrected chi connectivity index (χ2v) is 4.40. The summed E-state index contributed by atoms with van der Waals surface area (Å²) in [6.07, 6.45) is 6.11. The van der Waals surface area contributed by atoms with Crippen LogP contribution in [0.3, 0.4) is 0 Å². The standard InChI is InChI=1S/C14H15N3/c1-15-14-13(16-8-9-17-14)12-6-4-11(5-7-12)10-2-3-10/h4-10H,2-3H2,1H3,(H,15,17). The molecule has 1 aromatic heterocycles. The molecule has 86 valence electrons. The molecule has 17 heavy (non-hydrogen) atoms. The number of hydrogen-bond donors (Lipinski definition) is 1. The highest BCUT2D eigenvalue weighted by molar-refractivity contribution is 5.71. The first-order valence-corrected chi connectivity index (χ1v) is 5.97. The zero-order valence-corrected chi connectivity index (χ0v) is 9.85. The van der Waals surface area contributed by atoms with Crippen LogP contribution in [-0.4, -0.2) is 17.0 Å². The van der Waals surface area contributed by atoms with Crippen LogP contribution < -0.4 is 5.32 Å². The molecular formula is C14H15N3. The molecule has 1 aliphatic rings. The Kier molecular flexibility index (Phi) is 2.52. The molecule has 1 aromatic carbocycles. The van der Waals surface area contributed by atoms with Crippen LogP contribution in [0.1, 0.15) is 24.3 Å². The van der Waals surface area contributed by atoms with Gasteiger partial charge in [-0.05, 0) is 24.3 Å². The SMILES string of the molecule is CNc1nccnc1-c1ccc(C2CC2)cc1. The summed E-state index contributed by atoms with van der Waals surface area (Å²) in [6.45, 7) is 0. The van der Waals surface area contributed by atoms with Gasteiger partial charge in [-0.2, -0.15) is 0 Å². The van der Waals surface area contributed by atoms with Crippen LogP contribution in [0.4, 0.5) is 5.82 Å². The van der Waals surface area contributed by atoms with E-state index in [2.05, 4.69) is 39.6 Å². The maximum atomic E-state index is 4.38. The number of aromatic nitrogens is 2. The first-order valence-electron chi connectivity index (χ1n) is 5.97. The van der Waals surface area contributed by atoms with Crippen LogP contribution in [0.25, 0.3) is 11.3 Å². The number of anilines is 1. The average Bonchev–Trinajstić information content (AvgIpc) is 3.23. The Morgan fingerprint density at radius 1 is 1.06 bits per heavy atom. The summed E-state index contributed by atoms with van der Waals surface area (Å²) < 4.78 is 0. The van der Waals surface area contributed by atoms with Crippen LogP contribution in [0.15, 0.2) is 36.7 Å². The van der Waals surface area contributed by atoms with Crippen LogP contribution in [0.5, 0.6) is 0 Å². The molecule has 0 radical (unpaired) electrons. The Hall–Kier alpha value is -1.90. The number of benzene rings is 1. The zero-order valence-electron chi connectivity index (χ0n) is 9.85. The van der Waals surface area contributed by atoms with Crippen molar-refractivity contribution in [2.24, 2.45) is 0 Å². The highest BCUT2D eigenvalue weighted by Gasteiger charge is 2.23. The molecule has 0 atom stereocenters. The molecule has 0 bridgehead atoms. The van der Waals surface area contributed by atoms with E-state index >= 15 is 0 Å². The normalized spacial score (nSPS) is 14.6. The Morgan fingerprint density at radius 3 is 2.41 bits per heavy atom. The predicted octanol–water partition coefficient (Wildman–Crippen LogP) is 3.06. The maximum Gasteiger partial charge on any atom is 0.152 e. The number of rotatable bonds is 3. The fourth-order valence-corrected chi connectivity index (χ4v) is 2.06. The molecule has 2 aromatic rings. The summed E-state index contributed by atoms with van der Waals surface area (Å²) >= 11 is 0. The molecule has 3 heteroatoms. The third kappa shape index (κ3) is 2.00. The van der Waals surface area contributed by atoms with E-state index in [1.165, 1.54) is 18.4 Å². The summed E-state index contributed by atoms with van der Waals surface area (Å²) in [6, 6.07) is 8.69. The average molecular weight is 225 g/mol. The van der Waals surface area contributed by atoms with Gasteiger partial charge in [0.05, 0.1) is 0 Å². The summed E-state index contributed by atoms with van der Waals surface area (Å²) in [5.41, 5.74) is 3.48. The largest absolute Gasteiger partial charge is 0.371 e. The van der Waals surface area contributed by atoms with Gasteiger partial charge in [0.1, 0.15) is 5.69 Å². The van der Waals surface area contributed by atoms with Crippen molar-refractivity contribution in [1.29, 1.82) is 0 Å². The topological polar surface area (TPSA) is 37.8 Å². The van der Waals surface area contributed by atoms with Gasteiger partial charge in [0.2, 0.25) is 0 Å². The number of nitrogens with zero attached hydrogens (tertiary/aromatic N) is 2. The first kappa shape index (κ1) is 10.3. The summed E-state index contributed by atoms with van der Waals surface area (Å²) in [5, 5.41) is 3.07. The molecule has 3 rings (SSSR count). The van der Waals surface area contributed by atoms with Gasteiger partial charge < -0.3 is 5.32 Å². The Labute approximate surface area is 101 Å². The van der Waals surface area contributed by atoms with E-state index in [0.717, 1.165) is 23.0 Å². The van der Waals surface area contributed by atoms with Gasteiger partial charge in [-0.15, -0.1) is 0 Å². The summed E-state index contributed by atoms with van der Waals surface area (Å²) in [4.78, 5) is 8.65. The Balaban J connectivity index is 1.96. The molecule has 0 saturated heterocycles. The lowest BCUT2D eigenvalue weighted by Gasteiger charge is -2.07. The predicted molar refractivity (Wildman–Crippen MR) is 69.0 cm³/mol. The third-order valence-corrected chi connectivity index (χ3v) is 3.17. The van der Waals surface area contributed by atoms with E-state index < -0.39 is 0 Å². The molecule has 0 spiro atoms. The zero-order chi connectivity index (χ0) is 11.7. The number of nitrogens with one attached hydrogen (secondary N) is 1. The minimum absolute atomic E-state index is 0.801. The van der Waals surface area contributed by atoms with Crippen molar-refractivity contribution in [3.8, 4) is 11.3 Å². The van der Waals surface area contributed by atoms with Gasteiger partial charge in [0.15, 0.2) is 5.82 Å². The lowest BCUT2D eigenvalue weighted by molar-refractivity contribution is 1.13. The molecule has 0 aliphatic heterocycles. The van der Waals surface area contributed by atoms with E-state index in [0.29, 0.717) is 0 Å². The van der Waals surface area contributed by atoms with Crippen molar-refractivity contribution in [2.75, 3.05) is 12.4 Å². The molecule has 3 nitrogen and oxygen atoms in total. The van der Waals surface area contributed by atoms with E-state index in [4.69, 9.17) is 0 Å². The van der Waals surface area contributed by atoms with E-state index in [9.17, 15) is 0 Å². The van der Waals surface area contributed by atoms with Gasteiger partial charge in [-0.25, -0.2) is 4.98 Å². The van der Waals surface area contributed by atoms with E-state index in [1.54, 1.807) is 12.4 Å². The first-order chi connectivity index (χ1) is 8.38. The highest BCUT2D eigenvalue weighted by Crippen LogP contribution is 2.40. The fourth-order valence-electron chi connectivity index (χ4n) is 2.06. The summed E-state index contributed by atoms with van der Waals surface area (Å²) in [7, 11) is 1.87. The molecular weight excluding hydrogens is 210 g/mol. The van der Waals surface area contributed by atoms with Crippen molar-refractivity contribution >= 4 is 5.82 Å². The van der Waals surface area contributed by atoms with Gasteiger partial charge in [0.25, 0.3) is 0 Å². The van der Waals surface area contributed by atoms with Crippen molar-refractivity contribution in [1.82, 2.24) is 9.97 Å². The number of hydrogen-bond acceptors (Lipinski definition) is 3. The van der Waals surface area contributed by atoms with Gasteiger partial charge in [0, 0.05) is 25.0 Å². The van der Waals surface area contributed by atoms with E-state index in [1.807, 2.05) is 7.05 Å². The van der Waals surface area contributed by atoms with Crippen molar-refractivity contribution < 1.29 is 0 Å². The molecule has 1 aliphatic carbocycles. The monoisotopic (exact) mass is 225 g/mol. The van der Waals surface area contributed by atoms with Crippen LogP contribution in [-0.2, 0) is 0 Å². The van der Waals surface area contributed by atoms with Crippen molar-refractivity contribution in [3.05, 3.63) is 42.2 Å². The van der Waals surface area contributed by atoms with Crippen molar-refractivity contribution in [2.45, 2.75) is 18.8 Å². The molecule has 0 unspecified atom stereocenters. The Morgan fingerprint density at radius 2 is 1.76 bits per heavy atom. The van der Waals surface area contributed by atoms with Gasteiger partial charge in [-0.1, -0.05) is 24.3 Å². The van der Waals surface area contributed by atoms with Crippen LogP contribution >= 0.6 is 0 Å². The Bertz CT molecular complexity index is 515. The minimum Gasteiger partial charge on any atom is -0.371 e. The molecule has 1 N–H and O–H groups in total. The quantitative estimate of drug-likeness (QED) is 0.872. The smallest absolute Gasteiger partial charge is 0.152 e. The molecule has 1 fully saturated rings. The second-order valence-electron chi connectivity index (χ2n) is 4.40. The lowest BCUT2D eigenvalue weighted by atomic mass is 10.1. The highest BCUT2D eigenvalue weighted by atomic mass is 15.0. The molecule has 1 saturated carbocycles. The van der Waals surface area contributed by atoms with E-state index in [-0.39, 0.29) is 0 Å². The van der Waals surface area contributed by atoms with Gasteiger partial charge >= 0.3 is 0 Å². The van der Waals surface area contributed by atoms with Crippen LogP contribution in [0.2, 0.25) is 0 Å². The lowest BCUT2D eigenvalue weighted by Crippen LogP contribution is -1.97. The molecule has 0 amide bonds. The second kappa shape index (κ2) is 4.17. The van der Waals surface area contributed by atoms with Crippen LogP contribution in [0, 0.1) is 0 Å². The maximum absolute atomic E-state index is 4.38. The fraction of sp³-hybridized carbons (Fsp3) is 0.286. The van der Waals surface area contributed by atoms with Crippen molar-refractivity contribution in [3.63, 3.8) is 0 Å². The minimum atomic E-state index is 0.801. The molecule has 1 heterocycles. The van der Waals surface area contributed by atoms with Gasteiger partial charge in [-0.3, -0.25) is 4.98 Å². The third-order valence-electron chi connectivity index (χ3n) is 3.17.